The summed E-state index contributed by atoms with van der Waals surface area (Å²) in [5, 5.41) is 14.0. The normalized spacial score (nSPS) is 10.6. The number of halogens is 1. The van der Waals surface area contributed by atoms with Crippen molar-refractivity contribution in [2.45, 2.75) is 6.92 Å². The molecule has 3 rings (SSSR count). The number of carbonyl (C=O) groups is 1. The summed E-state index contributed by atoms with van der Waals surface area (Å²) in [6.45, 7) is 1.91. The third-order valence-electron chi connectivity index (χ3n) is 3.40. The number of rotatable bonds is 3. The molecule has 1 aromatic heterocycles. The molecule has 5 heteroatoms. The molecule has 0 aliphatic heterocycles. The molecule has 22 heavy (non-hydrogen) atoms. The zero-order valence-corrected chi connectivity index (χ0v) is 12.6. The van der Waals surface area contributed by atoms with Gasteiger partial charge in [-0.05, 0) is 30.7 Å². The molecule has 0 radical (unpaired) electrons. The van der Waals surface area contributed by atoms with Gasteiger partial charge < -0.3 is 5.11 Å². The molecule has 2 aromatic carbocycles. The number of hydrogen-bond acceptors (Lipinski definition) is 2. The summed E-state index contributed by atoms with van der Waals surface area (Å²) >= 11 is 6.17. The first-order chi connectivity index (χ1) is 10.6. The highest BCUT2D eigenvalue weighted by molar-refractivity contribution is 6.31. The molecule has 0 saturated carbocycles. The highest BCUT2D eigenvalue weighted by atomic mass is 35.5. The Labute approximate surface area is 132 Å². The third kappa shape index (κ3) is 2.61. The maximum Gasteiger partial charge on any atom is 0.356 e. The Morgan fingerprint density at radius 1 is 1.14 bits per heavy atom. The highest BCUT2D eigenvalue weighted by Crippen LogP contribution is 2.26. The van der Waals surface area contributed by atoms with Gasteiger partial charge in [-0.1, -0.05) is 48.0 Å². The van der Waals surface area contributed by atoms with Crippen LogP contribution in [0.15, 0.2) is 54.6 Å². The number of hydrogen-bond donors (Lipinski definition) is 1. The Balaban J connectivity index is 2.21. The van der Waals surface area contributed by atoms with Crippen LogP contribution in [0.2, 0.25) is 5.02 Å². The lowest BCUT2D eigenvalue weighted by Gasteiger charge is -2.09. The third-order valence-corrected chi connectivity index (χ3v) is 3.81. The number of benzene rings is 2. The molecule has 0 unspecified atom stereocenters. The predicted molar refractivity (Wildman–Crippen MR) is 85.7 cm³/mol. The van der Waals surface area contributed by atoms with Gasteiger partial charge in [0, 0.05) is 10.6 Å². The van der Waals surface area contributed by atoms with E-state index in [0.29, 0.717) is 10.7 Å². The van der Waals surface area contributed by atoms with E-state index < -0.39 is 5.97 Å². The van der Waals surface area contributed by atoms with E-state index in [0.717, 1.165) is 16.8 Å². The molecule has 3 aromatic rings. The minimum absolute atomic E-state index is 0.00412. The fourth-order valence-electron chi connectivity index (χ4n) is 2.21. The molecule has 0 bridgehead atoms. The van der Waals surface area contributed by atoms with Crippen molar-refractivity contribution in [2.75, 3.05) is 0 Å². The molecule has 110 valence electrons. The summed E-state index contributed by atoms with van der Waals surface area (Å²) in [6.07, 6.45) is 0. The highest BCUT2D eigenvalue weighted by Gasteiger charge is 2.16. The van der Waals surface area contributed by atoms with Crippen LogP contribution < -0.4 is 0 Å². The zero-order valence-electron chi connectivity index (χ0n) is 11.8. The minimum Gasteiger partial charge on any atom is -0.476 e. The van der Waals surface area contributed by atoms with Crippen LogP contribution in [-0.4, -0.2) is 20.9 Å². The van der Waals surface area contributed by atoms with Gasteiger partial charge in [0.2, 0.25) is 0 Å². The second-order valence-electron chi connectivity index (χ2n) is 4.93. The van der Waals surface area contributed by atoms with E-state index in [-0.39, 0.29) is 5.69 Å². The van der Waals surface area contributed by atoms with Gasteiger partial charge in [-0.2, -0.15) is 5.10 Å². The van der Waals surface area contributed by atoms with E-state index in [9.17, 15) is 9.90 Å². The van der Waals surface area contributed by atoms with Crippen LogP contribution in [0.4, 0.5) is 0 Å². The van der Waals surface area contributed by atoms with Crippen LogP contribution in [0.25, 0.3) is 16.9 Å². The molecule has 0 aliphatic rings. The summed E-state index contributed by atoms with van der Waals surface area (Å²) in [6, 6.07) is 16.6. The molecule has 1 heterocycles. The number of aromatic nitrogens is 2. The average molecular weight is 313 g/mol. The van der Waals surface area contributed by atoms with Gasteiger partial charge in [0.15, 0.2) is 5.69 Å². The van der Waals surface area contributed by atoms with Crippen molar-refractivity contribution in [1.29, 1.82) is 0 Å². The maximum absolute atomic E-state index is 11.2. The number of carboxylic acid groups (broad SMARTS) is 1. The Morgan fingerprint density at radius 3 is 2.50 bits per heavy atom. The minimum atomic E-state index is -1.06. The molecule has 1 N–H and O–H groups in total. The summed E-state index contributed by atoms with van der Waals surface area (Å²) in [5.41, 5.74) is 3.27. The van der Waals surface area contributed by atoms with Crippen molar-refractivity contribution >= 4 is 17.6 Å². The molecule has 0 saturated heterocycles. The lowest BCUT2D eigenvalue weighted by atomic mass is 10.1. The van der Waals surface area contributed by atoms with Crippen LogP contribution >= 0.6 is 11.6 Å². The van der Waals surface area contributed by atoms with E-state index in [1.54, 1.807) is 16.8 Å². The van der Waals surface area contributed by atoms with Crippen molar-refractivity contribution < 1.29 is 9.90 Å². The van der Waals surface area contributed by atoms with Crippen LogP contribution in [0, 0.1) is 6.92 Å². The number of aryl methyl sites for hydroxylation is 1. The first-order valence-electron chi connectivity index (χ1n) is 6.71. The summed E-state index contributed by atoms with van der Waals surface area (Å²) in [5.74, 6) is -1.06. The van der Waals surface area contributed by atoms with Gasteiger partial charge in [-0.25, -0.2) is 9.48 Å². The molecular weight excluding hydrogens is 300 g/mol. The van der Waals surface area contributed by atoms with Crippen molar-refractivity contribution in [3.8, 4) is 16.9 Å². The molecule has 0 amide bonds. The quantitative estimate of drug-likeness (QED) is 0.788. The van der Waals surface area contributed by atoms with Crippen molar-refractivity contribution in [3.05, 3.63) is 70.9 Å². The lowest BCUT2D eigenvalue weighted by Crippen LogP contribution is -2.02. The topological polar surface area (TPSA) is 55.1 Å². The smallest absolute Gasteiger partial charge is 0.356 e. The summed E-state index contributed by atoms with van der Waals surface area (Å²) in [7, 11) is 0. The van der Waals surface area contributed by atoms with Gasteiger partial charge in [0.1, 0.15) is 0 Å². The van der Waals surface area contributed by atoms with Gasteiger partial charge in [-0.3, -0.25) is 0 Å². The zero-order chi connectivity index (χ0) is 15.7. The Kier molecular flexibility index (Phi) is 3.69. The fraction of sp³-hybridized carbons (Fsp3) is 0.0588. The van der Waals surface area contributed by atoms with Gasteiger partial charge in [-0.15, -0.1) is 0 Å². The van der Waals surface area contributed by atoms with Crippen molar-refractivity contribution in [3.63, 3.8) is 0 Å². The number of aromatic carboxylic acids is 1. The molecular formula is C17H13ClN2O2. The van der Waals surface area contributed by atoms with Gasteiger partial charge in [0.05, 0.1) is 11.4 Å². The van der Waals surface area contributed by atoms with E-state index in [1.165, 1.54) is 0 Å². The molecule has 0 spiro atoms. The molecule has 0 fully saturated rings. The standard InChI is InChI=1S/C17H13ClN2O2/c1-11-7-8-13(9-14(11)18)20-16(10-15(19-20)17(21)22)12-5-3-2-4-6-12/h2-10H,1H3,(H,21,22). The van der Waals surface area contributed by atoms with Gasteiger partial charge >= 0.3 is 5.97 Å². The maximum atomic E-state index is 11.2. The Bertz CT molecular complexity index is 841. The molecule has 0 aliphatic carbocycles. The monoisotopic (exact) mass is 312 g/mol. The number of nitrogens with zero attached hydrogens (tertiary/aromatic N) is 2. The predicted octanol–water partition coefficient (Wildman–Crippen LogP) is 4.20. The Hall–Kier alpha value is -2.59. The van der Waals surface area contributed by atoms with Crippen LogP contribution in [0.1, 0.15) is 16.1 Å². The lowest BCUT2D eigenvalue weighted by molar-refractivity contribution is 0.0690. The van der Waals surface area contributed by atoms with Crippen molar-refractivity contribution in [1.82, 2.24) is 9.78 Å². The number of carboxylic acids is 1. The van der Waals surface area contributed by atoms with E-state index in [4.69, 9.17) is 11.6 Å². The average Bonchev–Trinajstić information content (AvgIpc) is 2.96. The van der Waals surface area contributed by atoms with Crippen LogP contribution in [0.3, 0.4) is 0 Å². The van der Waals surface area contributed by atoms with E-state index in [2.05, 4.69) is 5.10 Å². The second-order valence-corrected chi connectivity index (χ2v) is 5.34. The molecule has 0 atom stereocenters. The first-order valence-corrected chi connectivity index (χ1v) is 7.09. The SMILES string of the molecule is Cc1ccc(-n2nc(C(=O)O)cc2-c2ccccc2)cc1Cl. The van der Waals surface area contributed by atoms with Crippen molar-refractivity contribution in [2.24, 2.45) is 0 Å². The first kappa shape index (κ1) is 14.4. The van der Waals surface area contributed by atoms with Crippen LogP contribution in [-0.2, 0) is 0 Å². The van der Waals surface area contributed by atoms with Crippen LogP contribution in [0.5, 0.6) is 0 Å². The fourth-order valence-corrected chi connectivity index (χ4v) is 2.39. The van der Waals surface area contributed by atoms with E-state index >= 15 is 0 Å². The largest absolute Gasteiger partial charge is 0.476 e. The summed E-state index contributed by atoms with van der Waals surface area (Å²) < 4.78 is 1.60. The Morgan fingerprint density at radius 2 is 1.86 bits per heavy atom. The second kappa shape index (κ2) is 5.66. The van der Waals surface area contributed by atoms with Gasteiger partial charge in [0.25, 0.3) is 0 Å². The summed E-state index contributed by atoms with van der Waals surface area (Å²) in [4.78, 5) is 11.2. The molecule has 4 nitrogen and oxygen atoms in total. The van der Waals surface area contributed by atoms with E-state index in [1.807, 2.05) is 49.4 Å².